The molecule has 0 aliphatic carbocycles. The maximum absolute atomic E-state index is 11.0. The largest absolute Gasteiger partial charge is 0.490 e. The van der Waals surface area contributed by atoms with E-state index in [-0.39, 0.29) is 5.92 Å². The van der Waals surface area contributed by atoms with Gasteiger partial charge in [-0.3, -0.25) is 0 Å². The third kappa shape index (κ3) is 5.44. The molecule has 2 aromatic carbocycles. The summed E-state index contributed by atoms with van der Waals surface area (Å²) in [5, 5.41) is 9.79. The Morgan fingerprint density at radius 3 is 2.30 bits per heavy atom. The van der Waals surface area contributed by atoms with Gasteiger partial charge < -0.3 is 19.5 Å². The summed E-state index contributed by atoms with van der Waals surface area (Å²) in [4.78, 5) is 12.4. The summed E-state index contributed by atoms with van der Waals surface area (Å²) in [6.07, 6.45) is 0.658. The average molecular weight is 410 g/mol. The third-order valence-corrected chi connectivity index (χ3v) is 5.13. The Bertz CT molecular complexity index is 754. The van der Waals surface area contributed by atoms with Crippen molar-refractivity contribution in [3.05, 3.63) is 58.1 Å². The molecule has 1 aliphatic rings. The van der Waals surface area contributed by atoms with Crippen molar-refractivity contribution in [1.29, 1.82) is 0 Å². The van der Waals surface area contributed by atoms with Gasteiger partial charge in [-0.25, -0.2) is 4.79 Å². The van der Waals surface area contributed by atoms with Crippen molar-refractivity contribution in [2.75, 3.05) is 19.7 Å². The molecule has 1 fully saturated rings. The van der Waals surface area contributed by atoms with Gasteiger partial charge in [-0.2, -0.15) is 0 Å². The molecule has 27 heavy (non-hydrogen) atoms. The standard InChI is InChI=1S/C20H21Cl2NO4/c21-17-10-16(26-12-14-4-2-1-3-5-14)11-18(22)19(17)27-13-15-6-8-23(9-7-15)20(24)25/h1-5,10-11,15H,6-9,12-13H2,(H,24,25). The van der Waals surface area contributed by atoms with Crippen LogP contribution in [0.1, 0.15) is 18.4 Å². The van der Waals surface area contributed by atoms with Crippen LogP contribution in [0.2, 0.25) is 10.0 Å². The zero-order chi connectivity index (χ0) is 19.2. The number of ether oxygens (including phenoxy) is 2. The van der Waals surface area contributed by atoms with E-state index in [1.165, 1.54) is 4.90 Å². The van der Waals surface area contributed by atoms with Crippen molar-refractivity contribution in [2.45, 2.75) is 19.4 Å². The van der Waals surface area contributed by atoms with Gasteiger partial charge in [0, 0.05) is 25.2 Å². The molecule has 0 radical (unpaired) electrons. The first-order valence-electron chi connectivity index (χ1n) is 8.79. The summed E-state index contributed by atoms with van der Waals surface area (Å²) in [5.74, 6) is 1.30. The number of amides is 1. The minimum Gasteiger partial charge on any atom is -0.490 e. The summed E-state index contributed by atoms with van der Waals surface area (Å²) in [6, 6.07) is 13.2. The summed E-state index contributed by atoms with van der Waals surface area (Å²) in [6.45, 7) is 1.93. The minimum atomic E-state index is -0.869. The van der Waals surface area contributed by atoms with E-state index in [2.05, 4.69) is 0 Å². The van der Waals surface area contributed by atoms with Crippen LogP contribution >= 0.6 is 23.2 Å². The van der Waals surface area contributed by atoms with Crippen molar-refractivity contribution >= 4 is 29.3 Å². The van der Waals surface area contributed by atoms with Crippen LogP contribution in [0.25, 0.3) is 0 Å². The van der Waals surface area contributed by atoms with E-state index in [1.807, 2.05) is 30.3 Å². The van der Waals surface area contributed by atoms with Crippen LogP contribution in [0.15, 0.2) is 42.5 Å². The maximum atomic E-state index is 11.0. The van der Waals surface area contributed by atoms with Gasteiger partial charge in [0.25, 0.3) is 0 Å². The van der Waals surface area contributed by atoms with Gasteiger partial charge in [-0.15, -0.1) is 0 Å². The first kappa shape index (κ1) is 19.6. The topological polar surface area (TPSA) is 59.0 Å². The Kier molecular flexibility index (Phi) is 6.69. The number of nitrogens with zero attached hydrogens (tertiary/aromatic N) is 1. The number of piperidine rings is 1. The molecule has 0 atom stereocenters. The van der Waals surface area contributed by atoms with Crippen LogP contribution in [0.3, 0.4) is 0 Å². The first-order chi connectivity index (χ1) is 13.0. The molecule has 0 spiro atoms. The van der Waals surface area contributed by atoms with Gasteiger partial charge in [-0.05, 0) is 24.3 Å². The van der Waals surface area contributed by atoms with Crippen LogP contribution in [-0.2, 0) is 6.61 Å². The lowest BCUT2D eigenvalue weighted by Gasteiger charge is -2.29. The van der Waals surface area contributed by atoms with Crippen LogP contribution in [0.4, 0.5) is 4.79 Å². The van der Waals surface area contributed by atoms with E-state index < -0.39 is 6.09 Å². The van der Waals surface area contributed by atoms with E-state index in [0.717, 1.165) is 18.4 Å². The van der Waals surface area contributed by atoms with Crippen molar-refractivity contribution < 1.29 is 19.4 Å². The highest BCUT2D eigenvalue weighted by Crippen LogP contribution is 2.37. The maximum Gasteiger partial charge on any atom is 0.407 e. The predicted molar refractivity (Wildman–Crippen MR) is 105 cm³/mol. The van der Waals surface area contributed by atoms with Crippen molar-refractivity contribution in [3.8, 4) is 11.5 Å². The molecule has 1 amide bonds. The lowest BCUT2D eigenvalue weighted by atomic mass is 9.98. The Morgan fingerprint density at radius 1 is 1.07 bits per heavy atom. The second-order valence-corrected chi connectivity index (χ2v) is 7.33. The lowest BCUT2D eigenvalue weighted by molar-refractivity contribution is 0.112. The summed E-state index contributed by atoms with van der Waals surface area (Å²) >= 11 is 12.6. The van der Waals surface area contributed by atoms with E-state index in [9.17, 15) is 4.79 Å². The van der Waals surface area contributed by atoms with Crippen LogP contribution < -0.4 is 9.47 Å². The number of benzene rings is 2. The van der Waals surface area contributed by atoms with E-state index in [1.54, 1.807) is 12.1 Å². The molecule has 5 nitrogen and oxygen atoms in total. The molecule has 7 heteroatoms. The van der Waals surface area contributed by atoms with E-state index >= 15 is 0 Å². The average Bonchev–Trinajstić information content (AvgIpc) is 2.67. The molecule has 1 heterocycles. The summed E-state index contributed by atoms with van der Waals surface area (Å²) in [5.41, 5.74) is 1.05. The van der Waals surface area contributed by atoms with Crippen LogP contribution in [0.5, 0.6) is 11.5 Å². The number of hydrogen-bond donors (Lipinski definition) is 1. The van der Waals surface area contributed by atoms with Crippen molar-refractivity contribution in [1.82, 2.24) is 4.90 Å². The smallest absolute Gasteiger partial charge is 0.407 e. The molecular formula is C20H21Cl2NO4. The zero-order valence-electron chi connectivity index (χ0n) is 14.7. The molecule has 1 saturated heterocycles. The van der Waals surface area contributed by atoms with Crippen molar-refractivity contribution in [2.24, 2.45) is 5.92 Å². The summed E-state index contributed by atoms with van der Waals surface area (Å²) < 4.78 is 11.6. The fourth-order valence-electron chi connectivity index (χ4n) is 2.99. The van der Waals surface area contributed by atoms with Gasteiger partial charge in [0.15, 0.2) is 5.75 Å². The molecule has 2 aromatic rings. The molecule has 0 unspecified atom stereocenters. The lowest BCUT2D eigenvalue weighted by Crippen LogP contribution is -2.38. The first-order valence-corrected chi connectivity index (χ1v) is 9.55. The van der Waals surface area contributed by atoms with E-state index in [0.29, 0.717) is 47.8 Å². The van der Waals surface area contributed by atoms with Gasteiger partial charge in [0.05, 0.1) is 16.7 Å². The zero-order valence-corrected chi connectivity index (χ0v) is 16.2. The summed E-state index contributed by atoms with van der Waals surface area (Å²) in [7, 11) is 0. The van der Waals surface area contributed by atoms with Gasteiger partial charge in [0.2, 0.25) is 0 Å². The molecule has 3 rings (SSSR count). The Hall–Kier alpha value is -2.11. The minimum absolute atomic E-state index is 0.279. The van der Waals surface area contributed by atoms with Crippen LogP contribution in [0, 0.1) is 5.92 Å². The monoisotopic (exact) mass is 409 g/mol. The molecule has 0 aromatic heterocycles. The molecule has 1 aliphatic heterocycles. The quantitative estimate of drug-likeness (QED) is 0.698. The highest BCUT2D eigenvalue weighted by atomic mass is 35.5. The van der Waals surface area contributed by atoms with E-state index in [4.69, 9.17) is 37.8 Å². The number of rotatable bonds is 6. The molecule has 144 valence electrons. The normalized spacial score (nSPS) is 14.8. The van der Waals surface area contributed by atoms with Gasteiger partial charge in [0.1, 0.15) is 12.4 Å². The molecule has 0 bridgehead atoms. The molecule has 1 N–H and O–H groups in total. The number of likely N-dealkylation sites (tertiary alicyclic amines) is 1. The Balaban J connectivity index is 1.54. The SMILES string of the molecule is O=C(O)N1CCC(COc2c(Cl)cc(OCc3ccccc3)cc2Cl)CC1. The highest BCUT2D eigenvalue weighted by molar-refractivity contribution is 6.37. The molecular weight excluding hydrogens is 389 g/mol. The second-order valence-electron chi connectivity index (χ2n) is 6.51. The van der Waals surface area contributed by atoms with Crippen LogP contribution in [-0.4, -0.2) is 35.8 Å². The molecule has 0 saturated carbocycles. The third-order valence-electron chi connectivity index (χ3n) is 4.57. The Labute approximate surface area is 168 Å². The second kappa shape index (κ2) is 9.20. The highest BCUT2D eigenvalue weighted by Gasteiger charge is 2.23. The number of halogens is 2. The Morgan fingerprint density at radius 2 is 1.70 bits per heavy atom. The predicted octanol–water partition coefficient (Wildman–Crippen LogP) is 5.34. The number of hydrogen-bond acceptors (Lipinski definition) is 3. The van der Waals surface area contributed by atoms with Gasteiger partial charge in [-0.1, -0.05) is 53.5 Å². The van der Waals surface area contributed by atoms with Crippen molar-refractivity contribution in [3.63, 3.8) is 0 Å². The fourth-order valence-corrected chi connectivity index (χ4v) is 3.57. The fraction of sp³-hybridized carbons (Fsp3) is 0.350. The number of carboxylic acid groups (broad SMARTS) is 1. The number of carbonyl (C=O) groups is 1. The van der Waals surface area contributed by atoms with Gasteiger partial charge >= 0.3 is 6.09 Å².